The maximum absolute atomic E-state index is 12.1. The number of aromatic nitrogens is 1. The van der Waals surface area contributed by atoms with Crippen LogP contribution in [0.1, 0.15) is 19.4 Å². The number of ether oxygens (including phenoxy) is 1. The third kappa shape index (κ3) is 4.47. The Kier molecular flexibility index (Phi) is 6.41. The second kappa shape index (κ2) is 7.63. The van der Waals surface area contributed by atoms with Crippen molar-refractivity contribution in [1.82, 2.24) is 10.3 Å². The predicted molar refractivity (Wildman–Crippen MR) is 91.3 cm³/mol. The van der Waals surface area contributed by atoms with Crippen LogP contribution in [0.15, 0.2) is 30.5 Å². The summed E-state index contributed by atoms with van der Waals surface area (Å²) in [5.41, 5.74) is 7.72. The lowest BCUT2D eigenvalue weighted by Gasteiger charge is -2.24. The summed E-state index contributed by atoms with van der Waals surface area (Å²) >= 11 is 0. The molecule has 0 unspecified atom stereocenters. The van der Waals surface area contributed by atoms with Crippen LogP contribution in [-0.4, -0.2) is 36.2 Å². The van der Waals surface area contributed by atoms with Gasteiger partial charge in [0.15, 0.2) is 0 Å². The van der Waals surface area contributed by atoms with Crippen LogP contribution in [0.25, 0.3) is 10.9 Å². The Balaban J connectivity index is 0.00000242. The van der Waals surface area contributed by atoms with E-state index in [2.05, 4.69) is 10.3 Å². The first kappa shape index (κ1) is 18.5. The minimum absolute atomic E-state index is 0. The van der Waals surface area contributed by atoms with Gasteiger partial charge in [0.05, 0.1) is 11.6 Å². The van der Waals surface area contributed by atoms with E-state index in [-0.39, 0.29) is 18.3 Å². The van der Waals surface area contributed by atoms with Crippen LogP contribution in [-0.2, 0) is 16.0 Å². The smallest absolute Gasteiger partial charge is 0.237 e. The van der Waals surface area contributed by atoms with Crippen LogP contribution in [0.3, 0.4) is 0 Å². The van der Waals surface area contributed by atoms with Gasteiger partial charge in [0.2, 0.25) is 5.91 Å². The number of rotatable bonds is 6. The molecule has 5 nitrogen and oxygen atoms in total. The van der Waals surface area contributed by atoms with Crippen molar-refractivity contribution in [1.29, 1.82) is 0 Å². The molecule has 0 spiro atoms. The predicted octanol–water partition coefficient (Wildman–Crippen LogP) is 2.00. The largest absolute Gasteiger partial charge is 0.377 e. The second-order valence-electron chi connectivity index (χ2n) is 5.85. The Morgan fingerprint density at radius 2 is 2.09 bits per heavy atom. The van der Waals surface area contributed by atoms with Gasteiger partial charge in [0.25, 0.3) is 0 Å². The van der Waals surface area contributed by atoms with Gasteiger partial charge in [-0.05, 0) is 31.9 Å². The molecule has 1 heterocycles. The first-order chi connectivity index (χ1) is 9.93. The minimum Gasteiger partial charge on any atom is -0.377 e. The number of para-hydroxylation sites is 1. The number of carbonyl (C=O) groups is 1. The molecule has 0 aliphatic carbocycles. The number of hydrogen-bond acceptors (Lipinski definition) is 3. The van der Waals surface area contributed by atoms with Gasteiger partial charge < -0.3 is 20.8 Å². The molecule has 0 aliphatic rings. The van der Waals surface area contributed by atoms with Gasteiger partial charge in [-0.2, -0.15) is 0 Å². The van der Waals surface area contributed by atoms with E-state index in [0.29, 0.717) is 13.0 Å². The molecule has 0 saturated carbocycles. The van der Waals surface area contributed by atoms with Crippen molar-refractivity contribution in [3.05, 3.63) is 36.0 Å². The van der Waals surface area contributed by atoms with E-state index in [0.717, 1.165) is 16.5 Å². The number of nitrogens with two attached hydrogens (primary N) is 1. The highest BCUT2D eigenvalue weighted by Gasteiger charge is 2.21. The molecule has 6 heteroatoms. The van der Waals surface area contributed by atoms with Gasteiger partial charge in [-0.3, -0.25) is 4.79 Å². The number of aromatic amines is 1. The molecule has 0 radical (unpaired) electrons. The molecule has 1 atom stereocenters. The molecule has 0 aliphatic heterocycles. The number of methoxy groups -OCH3 is 1. The Bertz CT molecular complexity index is 625. The second-order valence-corrected chi connectivity index (χ2v) is 5.85. The summed E-state index contributed by atoms with van der Waals surface area (Å²) in [5, 5.41) is 3.94. The fourth-order valence-electron chi connectivity index (χ4n) is 2.13. The topological polar surface area (TPSA) is 80.1 Å². The average Bonchev–Trinajstić information content (AvgIpc) is 2.88. The Morgan fingerprint density at radius 3 is 2.77 bits per heavy atom. The number of amides is 1. The van der Waals surface area contributed by atoms with E-state index in [1.165, 1.54) is 0 Å². The summed E-state index contributed by atoms with van der Waals surface area (Å²) < 4.78 is 5.27. The number of fused-ring (bicyclic) bond motifs is 1. The maximum Gasteiger partial charge on any atom is 0.237 e. The minimum atomic E-state index is -0.572. The van der Waals surface area contributed by atoms with Crippen molar-refractivity contribution in [2.75, 3.05) is 13.7 Å². The van der Waals surface area contributed by atoms with Gasteiger partial charge in [-0.25, -0.2) is 0 Å². The highest BCUT2D eigenvalue weighted by molar-refractivity contribution is 5.86. The highest BCUT2D eigenvalue weighted by atomic mass is 35.5. The van der Waals surface area contributed by atoms with Gasteiger partial charge in [0.1, 0.15) is 0 Å². The van der Waals surface area contributed by atoms with Gasteiger partial charge in [0, 0.05) is 30.8 Å². The van der Waals surface area contributed by atoms with Crippen molar-refractivity contribution in [2.24, 2.45) is 5.73 Å². The number of H-pyrrole nitrogens is 1. The lowest BCUT2D eigenvalue weighted by Crippen LogP contribution is -2.47. The summed E-state index contributed by atoms with van der Waals surface area (Å²) in [7, 11) is 1.62. The van der Waals surface area contributed by atoms with Crippen LogP contribution in [0, 0.1) is 0 Å². The molecule has 122 valence electrons. The Hall–Kier alpha value is -1.56. The number of benzene rings is 1. The van der Waals surface area contributed by atoms with Crippen LogP contribution < -0.4 is 11.1 Å². The van der Waals surface area contributed by atoms with Crippen LogP contribution >= 0.6 is 12.4 Å². The molecular formula is C16H24ClN3O2. The van der Waals surface area contributed by atoms with E-state index < -0.39 is 11.6 Å². The zero-order chi connectivity index (χ0) is 15.5. The number of halogens is 1. The zero-order valence-electron chi connectivity index (χ0n) is 13.2. The third-order valence-corrected chi connectivity index (χ3v) is 3.69. The molecule has 1 amide bonds. The van der Waals surface area contributed by atoms with Crippen molar-refractivity contribution < 1.29 is 9.53 Å². The van der Waals surface area contributed by atoms with E-state index in [4.69, 9.17) is 10.5 Å². The van der Waals surface area contributed by atoms with Crippen molar-refractivity contribution in [3.63, 3.8) is 0 Å². The van der Waals surface area contributed by atoms with Crippen LogP contribution in [0.4, 0.5) is 0 Å². The molecule has 1 aromatic carbocycles. The fraction of sp³-hybridized carbons (Fsp3) is 0.438. The highest BCUT2D eigenvalue weighted by Crippen LogP contribution is 2.18. The summed E-state index contributed by atoms with van der Waals surface area (Å²) in [6.45, 7) is 4.26. The molecule has 0 saturated heterocycles. The average molecular weight is 326 g/mol. The lowest BCUT2D eigenvalue weighted by atomic mass is 10.0. The fourth-order valence-corrected chi connectivity index (χ4v) is 2.13. The first-order valence-corrected chi connectivity index (χ1v) is 7.06. The normalized spacial score (nSPS) is 12.7. The molecule has 0 bridgehead atoms. The lowest BCUT2D eigenvalue weighted by molar-refractivity contribution is -0.123. The van der Waals surface area contributed by atoms with E-state index in [1.54, 1.807) is 7.11 Å². The molecular weight excluding hydrogens is 302 g/mol. The quantitative estimate of drug-likeness (QED) is 0.760. The third-order valence-electron chi connectivity index (χ3n) is 3.69. The number of carbonyl (C=O) groups excluding carboxylic acids is 1. The molecule has 2 rings (SSSR count). The maximum atomic E-state index is 12.1. The van der Waals surface area contributed by atoms with Crippen molar-refractivity contribution >= 4 is 29.2 Å². The zero-order valence-corrected chi connectivity index (χ0v) is 14.0. The molecule has 22 heavy (non-hydrogen) atoms. The molecule has 2 aromatic rings. The monoisotopic (exact) mass is 325 g/mol. The van der Waals surface area contributed by atoms with Crippen molar-refractivity contribution in [3.8, 4) is 0 Å². The number of nitrogens with one attached hydrogen (secondary N) is 2. The summed E-state index contributed by atoms with van der Waals surface area (Å²) in [5.74, 6) is -0.162. The van der Waals surface area contributed by atoms with E-state index in [9.17, 15) is 4.79 Å². The summed E-state index contributed by atoms with van der Waals surface area (Å²) in [6.07, 6.45) is 2.42. The summed E-state index contributed by atoms with van der Waals surface area (Å²) in [6, 6.07) is 7.41. The SMILES string of the molecule is COC(C)(C)CNC(=O)[C@@H](N)Cc1c[nH]c2ccccc12.Cl. The molecule has 1 aromatic heterocycles. The molecule has 4 N–H and O–H groups in total. The standard InChI is InChI=1S/C16H23N3O2.ClH/c1-16(2,21-3)10-19-15(20)13(17)8-11-9-18-14-7-5-4-6-12(11)14;/h4-7,9,13,18H,8,10,17H2,1-3H3,(H,19,20);1H/t13-;/m0./s1. The van der Waals surface area contributed by atoms with Crippen LogP contribution in [0.2, 0.25) is 0 Å². The van der Waals surface area contributed by atoms with E-state index in [1.807, 2.05) is 44.3 Å². The first-order valence-electron chi connectivity index (χ1n) is 7.06. The van der Waals surface area contributed by atoms with Crippen molar-refractivity contribution in [2.45, 2.75) is 31.9 Å². The van der Waals surface area contributed by atoms with Gasteiger partial charge >= 0.3 is 0 Å². The number of hydrogen-bond donors (Lipinski definition) is 3. The van der Waals surface area contributed by atoms with Gasteiger partial charge in [-0.1, -0.05) is 18.2 Å². The van der Waals surface area contributed by atoms with E-state index >= 15 is 0 Å². The summed E-state index contributed by atoms with van der Waals surface area (Å²) in [4.78, 5) is 15.3. The van der Waals surface area contributed by atoms with Gasteiger partial charge in [-0.15, -0.1) is 12.4 Å². The van der Waals surface area contributed by atoms with Crippen LogP contribution in [0.5, 0.6) is 0 Å². The molecule has 0 fully saturated rings. The Morgan fingerprint density at radius 1 is 1.41 bits per heavy atom. The Labute approximate surface area is 137 Å².